The summed E-state index contributed by atoms with van der Waals surface area (Å²) in [6.07, 6.45) is 0.193. The first kappa shape index (κ1) is 18.7. The minimum Gasteiger partial charge on any atom is -0.337 e. The molecule has 4 nitrogen and oxygen atoms in total. The lowest BCUT2D eigenvalue weighted by molar-refractivity contribution is -0.128. The van der Waals surface area contributed by atoms with Crippen LogP contribution in [-0.2, 0) is 16.1 Å². The minimum atomic E-state index is -0.401. The molecule has 2 aromatic carbocycles. The highest BCUT2D eigenvalue weighted by Gasteiger charge is 2.34. The smallest absolute Gasteiger partial charge is 0.229 e. The van der Waals surface area contributed by atoms with Crippen molar-refractivity contribution in [2.24, 2.45) is 5.92 Å². The predicted molar refractivity (Wildman–Crippen MR) is 105 cm³/mol. The number of nitrogens with zero attached hydrogens (tertiary/aromatic N) is 1. The summed E-state index contributed by atoms with van der Waals surface area (Å²) in [6.45, 7) is 4.63. The number of aryl methyl sites for hydroxylation is 2. The molecule has 6 heteroatoms. The summed E-state index contributed by atoms with van der Waals surface area (Å²) in [4.78, 5) is 26.6. The molecule has 1 atom stereocenters. The zero-order valence-electron chi connectivity index (χ0n) is 14.7. The van der Waals surface area contributed by atoms with Crippen molar-refractivity contribution in [3.8, 4) is 0 Å². The largest absolute Gasteiger partial charge is 0.337 e. The van der Waals surface area contributed by atoms with Crippen LogP contribution in [0.15, 0.2) is 36.4 Å². The molecule has 0 aliphatic carbocycles. The summed E-state index contributed by atoms with van der Waals surface area (Å²) in [5.41, 5.74) is 3.42. The van der Waals surface area contributed by atoms with Crippen LogP contribution in [0.5, 0.6) is 0 Å². The number of carbonyl (C=O) groups is 2. The van der Waals surface area contributed by atoms with Crippen molar-refractivity contribution in [2.45, 2.75) is 26.8 Å². The van der Waals surface area contributed by atoms with E-state index in [0.717, 1.165) is 16.7 Å². The average molecular weight is 391 g/mol. The molecular weight excluding hydrogens is 371 g/mol. The third kappa shape index (κ3) is 4.02. The summed E-state index contributed by atoms with van der Waals surface area (Å²) < 4.78 is 0. The van der Waals surface area contributed by atoms with Crippen molar-refractivity contribution in [3.63, 3.8) is 0 Å². The normalized spacial score (nSPS) is 16.8. The third-order valence-electron chi connectivity index (χ3n) is 4.58. The Bertz CT molecular complexity index is 844. The van der Waals surface area contributed by atoms with Crippen LogP contribution in [-0.4, -0.2) is 23.3 Å². The minimum absolute atomic E-state index is 0.0446. The molecule has 2 amide bonds. The lowest BCUT2D eigenvalue weighted by Gasteiger charge is -2.18. The monoisotopic (exact) mass is 390 g/mol. The van der Waals surface area contributed by atoms with Crippen molar-refractivity contribution in [2.75, 3.05) is 11.9 Å². The van der Waals surface area contributed by atoms with Crippen molar-refractivity contribution in [1.82, 2.24) is 4.90 Å². The molecular formula is C20H20Cl2N2O2. The number of hydrogen-bond donors (Lipinski definition) is 1. The van der Waals surface area contributed by atoms with Crippen LogP contribution in [0.2, 0.25) is 10.0 Å². The fourth-order valence-corrected chi connectivity index (χ4v) is 3.80. The number of rotatable bonds is 4. The van der Waals surface area contributed by atoms with Crippen LogP contribution in [0.3, 0.4) is 0 Å². The van der Waals surface area contributed by atoms with Gasteiger partial charge in [-0.2, -0.15) is 0 Å². The summed E-state index contributed by atoms with van der Waals surface area (Å²) in [6, 6.07) is 11.2. The van der Waals surface area contributed by atoms with E-state index in [-0.39, 0.29) is 18.2 Å². The van der Waals surface area contributed by atoms with Gasteiger partial charge in [0.2, 0.25) is 11.8 Å². The van der Waals surface area contributed by atoms with Crippen molar-refractivity contribution in [3.05, 3.63) is 63.1 Å². The molecule has 0 saturated carbocycles. The Hall–Kier alpha value is -2.04. The van der Waals surface area contributed by atoms with Crippen LogP contribution in [0, 0.1) is 19.8 Å². The summed E-state index contributed by atoms with van der Waals surface area (Å²) in [5.74, 6) is -0.632. The van der Waals surface area contributed by atoms with Gasteiger partial charge in [-0.25, -0.2) is 0 Å². The molecule has 1 N–H and O–H groups in total. The Morgan fingerprint density at radius 2 is 1.92 bits per heavy atom. The molecule has 3 rings (SSSR count). The third-order valence-corrected chi connectivity index (χ3v) is 5.25. The molecule has 26 heavy (non-hydrogen) atoms. The molecule has 136 valence electrons. The molecule has 0 radical (unpaired) electrons. The van der Waals surface area contributed by atoms with Crippen LogP contribution in [0.1, 0.15) is 23.1 Å². The van der Waals surface area contributed by atoms with Gasteiger partial charge in [-0.05, 0) is 42.7 Å². The number of benzene rings is 2. The molecule has 1 unspecified atom stereocenters. The number of halogens is 2. The first-order valence-electron chi connectivity index (χ1n) is 8.44. The number of likely N-dealkylation sites (tertiary alicyclic amines) is 1. The number of amides is 2. The predicted octanol–water partition coefficient (Wildman–Crippen LogP) is 4.60. The Morgan fingerprint density at radius 3 is 2.62 bits per heavy atom. The van der Waals surface area contributed by atoms with Gasteiger partial charge in [0.1, 0.15) is 0 Å². The first-order valence-corrected chi connectivity index (χ1v) is 9.19. The van der Waals surface area contributed by atoms with E-state index in [1.807, 2.05) is 44.2 Å². The van der Waals surface area contributed by atoms with Crippen LogP contribution in [0.4, 0.5) is 5.69 Å². The van der Waals surface area contributed by atoms with Gasteiger partial charge in [0.15, 0.2) is 0 Å². The maximum atomic E-state index is 12.6. The van der Waals surface area contributed by atoms with Crippen LogP contribution >= 0.6 is 23.2 Å². The SMILES string of the molecule is Cc1cc(C)c(NC(=O)C2CC(=O)N(Cc3ccccc3Cl)C2)c(Cl)c1. The second kappa shape index (κ2) is 7.68. The van der Waals surface area contributed by atoms with E-state index in [9.17, 15) is 9.59 Å². The number of carbonyl (C=O) groups excluding carboxylic acids is 2. The molecule has 0 bridgehead atoms. The maximum Gasteiger partial charge on any atom is 0.229 e. The molecule has 1 aliphatic heterocycles. The molecule has 1 saturated heterocycles. The number of hydrogen-bond acceptors (Lipinski definition) is 2. The summed E-state index contributed by atoms with van der Waals surface area (Å²) in [5, 5.41) is 4.02. The first-order chi connectivity index (χ1) is 12.3. The standard InChI is InChI=1S/C20H20Cl2N2O2/c1-12-7-13(2)19(17(22)8-12)23-20(26)15-9-18(25)24(11-15)10-14-5-3-4-6-16(14)21/h3-8,15H,9-11H2,1-2H3,(H,23,26). The lowest BCUT2D eigenvalue weighted by atomic mass is 10.1. The van der Waals surface area contributed by atoms with Crippen molar-refractivity contribution in [1.29, 1.82) is 0 Å². The number of anilines is 1. The van der Waals surface area contributed by atoms with Crippen molar-refractivity contribution >= 4 is 40.7 Å². The molecule has 1 aliphatic rings. The topological polar surface area (TPSA) is 49.4 Å². The number of nitrogens with one attached hydrogen (secondary N) is 1. The molecule has 0 spiro atoms. The Morgan fingerprint density at radius 1 is 1.19 bits per heavy atom. The Balaban J connectivity index is 1.69. The molecule has 2 aromatic rings. The molecule has 1 fully saturated rings. The lowest BCUT2D eigenvalue weighted by Crippen LogP contribution is -2.28. The van der Waals surface area contributed by atoms with E-state index in [0.29, 0.717) is 28.8 Å². The van der Waals surface area contributed by atoms with E-state index < -0.39 is 5.92 Å². The molecule has 1 heterocycles. The quantitative estimate of drug-likeness (QED) is 0.828. The van der Waals surface area contributed by atoms with E-state index in [4.69, 9.17) is 23.2 Å². The van der Waals surface area contributed by atoms with E-state index in [2.05, 4.69) is 5.32 Å². The van der Waals surface area contributed by atoms with Gasteiger partial charge in [-0.1, -0.05) is 47.5 Å². The Labute approximate surface area is 163 Å². The highest BCUT2D eigenvalue weighted by molar-refractivity contribution is 6.34. The van der Waals surface area contributed by atoms with Gasteiger partial charge in [0.25, 0.3) is 0 Å². The highest BCUT2D eigenvalue weighted by atomic mass is 35.5. The van der Waals surface area contributed by atoms with Gasteiger partial charge in [0, 0.05) is 24.5 Å². The van der Waals surface area contributed by atoms with E-state index >= 15 is 0 Å². The molecule has 0 aromatic heterocycles. The van der Waals surface area contributed by atoms with E-state index in [1.165, 1.54) is 0 Å². The average Bonchev–Trinajstić information content (AvgIpc) is 2.94. The zero-order chi connectivity index (χ0) is 18.8. The van der Waals surface area contributed by atoms with Gasteiger partial charge in [-0.15, -0.1) is 0 Å². The fourth-order valence-electron chi connectivity index (χ4n) is 3.23. The van der Waals surface area contributed by atoms with Gasteiger partial charge < -0.3 is 10.2 Å². The van der Waals surface area contributed by atoms with Gasteiger partial charge >= 0.3 is 0 Å². The van der Waals surface area contributed by atoms with Gasteiger partial charge in [0.05, 0.1) is 16.6 Å². The maximum absolute atomic E-state index is 12.6. The highest BCUT2D eigenvalue weighted by Crippen LogP contribution is 2.29. The van der Waals surface area contributed by atoms with E-state index in [1.54, 1.807) is 11.0 Å². The second-order valence-corrected chi connectivity index (χ2v) is 7.51. The fraction of sp³-hybridized carbons (Fsp3) is 0.300. The summed E-state index contributed by atoms with van der Waals surface area (Å²) >= 11 is 12.4. The van der Waals surface area contributed by atoms with Crippen LogP contribution in [0.25, 0.3) is 0 Å². The zero-order valence-corrected chi connectivity index (χ0v) is 16.2. The van der Waals surface area contributed by atoms with Gasteiger partial charge in [-0.3, -0.25) is 9.59 Å². The van der Waals surface area contributed by atoms with Crippen LogP contribution < -0.4 is 5.32 Å². The summed E-state index contributed by atoms with van der Waals surface area (Å²) in [7, 11) is 0. The Kier molecular flexibility index (Phi) is 5.54. The second-order valence-electron chi connectivity index (χ2n) is 6.69. The van der Waals surface area contributed by atoms with Crippen molar-refractivity contribution < 1.29 is 9.59 Å².